The summed E-state index contributed by atoms with van der Waals surface area (Å²) in [7, 11) is 0. The molecule has 35 heavy (non-hydrogen) atoms. The zero-order valence-corrected chi connectivity index (χ0v) is 17.9. The maximum atomic E-state index is 15.8. The summed E-state index contributed by atoms with van der Waals surface area (Å²) in [6.45, 7) is 0. The Labute approximate surface area is 194 Å². The average Bonchev–Trinajstić information content (AvgIpc) is 2.69. The fourth-order valence-electron chi connectivity index (χ4n) is 3.58. The van der Waals surface area contributed by atoms with Gasteiger partial charge in [-0.05, 0) is 16.1 Å². The van der Waals surface area contributed by atoms with E-state index in [4.69, 9.17) is 0 Å². The Morgan fingerprint density at radius 2 is 1.26 bits per heavy atom. The van der Waals surface area contributed by atoms with E-state index in [0.717, 1.165) is 12.1 Å². The molecule has 0 heterocycles. The summed E-state index contributed by atoms with van der Waals surface area (Å²) in [6.07, 6.45) is -24.0. The van der Waals surface area contributed by atoms with Crippen molar-refractivity contribution < 1.29 is 61.5 Å². The number of hydrogen-bond acceptors (Lipinski definition) is 1. The van der Waals surface area contributed by atoms with Crippen molar-refractivity contribution >= 4 is 15.9 Å². The molecule has 2 atom stereocenters. The van der Waals surface area contributed by atoms with E-state index in [2.05, 4.69) is 15.9 Å². The summed E-state index contributed by atoms with van der Waals surface area (Å²) >= 11 is 2.26. The first-order valence-electron chi connectivity index (χ1n) is 8.75. The van der Waals surface area contributed by atoms with Gasteiger partial charge >= 0.3 is 30.4 Å². The quantitative estimate of drug-likeness (QED) is 0.255. The number of alkyl halides is 14. The number of hydrogen-bond donors (Lipinski definition) is 0. The van der Waals surface area contributed by atoms with Crippen molar-refractivity contribution in [2.24, 2.45) is 0 Å². The van der Waals surface area contributed by atoms with Crippen molar-refractivity contribution in [3.8, 4) is 6.07 Å². The number of halogens is 15. The number of nitriles is 1. The monoisotopic (exact) mass is 595 g/mol. The first-order valence-corrected chi connectivity index (χ1v) is 9.54. The summed E-state index contributed by atoms with van der Waals surface area (Å²) in [5.41, 5.74) is -17.0. The molecule has 0 fully saturated rings. The lowest BCUT2D eigenvalue weighted by atomic mass is 9.61. The second kappa shape index (κ2) is 8.38. The average molecular weight is 596 g/mol. The van der Waals surface area contributed by atoms with Gasteiger partial charge in [-0.2, -0.15) is 62.3 Å². The molecule has 194 valence electrons. The van der Waals surface area contributed by atoms with E-state index in [1.54, 1.807) is 0 Å². The van der Waals surface area contributed by atoms with E-state index < -0.39 is 75.1 Å². The molecule has 0 bridgehead atoms. The van der Waals surface area contributed by atoms with Gasteiger partial charge in [0, 0.05) is 12.0 Å². The molecule has 0 aromatic heterocycles. The van der Waals surface area contributed by atoms with Crippen LogP contribution >= 0.6 is 15.9 Å². The molecule has 16 heteroatoms. The molecular formula is C19H8BrF14N. The molecule has 1 aromatic rings. The van der Waals surface area contributed by atoms with Gasteiger partial charge in [0.25, 0.3) is 5.67 Å². The van der Waals surface area contributed by atoms with E-state index in [1.165, 1.54) is 0 Å². The summed E-state index contributed by atoms with van der Waals surface area (Å²) in [5, 5.41) is 9.17. The number of allylic oxidation sites excluding steroid dienone is 4. The second-order valence-electron chi connectivity index (χ2n) is 7.26. The van der Waals surface area contributed by atoms with Crippen LogP contribution in [0.3, 0.4) is 0 Å². The normalized spacial score (nSPS) is 22.1. The first-order chi connectivity index (χ1) is 15.5. The summed E-state index contributed by atoms with van der Waals surface area (Å²) in [4.78, 5) is 0. The lowest BCUT2D eigenvalue weighted by Crippen LogP contribution is -2.71. The molecule has 0 aliphatic heterocycles. The Morgan fingerprint density at radius 3 is 1.69 bits per heavy atom. The Kier molecular flexibility index (Phi) is 6.92. The third-order valence-electron chi connectivity index (χ3n) is 5.15. The van der Waals surface area contributed by atoms with Crippen LogP contribution in [-0.4, -0.2) is 36.0 Å². The van der Waals surface area contributed by atoms with Crippen LogP contribution in [0, 0.1) is 11.3 Å². The van der Waals surface area contributed by atoms with Crippen molar-refractivity contribution in [2.45, 2.75) is 47.9 Å². The van der Waals surface area contributed by atoms with Gasteiger partial charge in [-0.3, -0.25) is 0 Å². The van der Waals surface area contributed by atoms with Crippen molar-refractivity contribution in [3.05, 3.63) is 57.6 Å². The predicted molar refractivity (Wildman–Crippen MR) is 94.4 cm³/mol. The first kappa shape index (κ1) is 28.9. The summed E-state index contributed by atoms with van der Waals surface area (Å²) in [6, 6.07) is 3.31. The molecule has 1 aliphatic carbocycles. The molecular weight excluding hydrogens is 588 g/mol. The standard InChI is InChI=1S/C19H8BrF14N/c20-11-5-10(14(21,22)17(26,27)28)6-13(7-11,12-4-2-1-3-9(12)8-35)15(23,18(29,30)31)16(24,25)19(32,33)34/h1-4,6-7H,5H2. The van der Waals surface area contributed by atoms with Gasteiger partial charge in [0.1, 0.15) is 0 Å². The molecule has 0 N–H and O–H groups in total. The zero-order valence-electron chi connectivity index (χ0n) is 16.3. The Balaban J connectivity index is 3.25. The molecule has 1 aliphatic rings. The van der Waals surface area contributed by atoms with E-state index in [-0.39, 0.29) is 12.1 Å². The van der Waals surface area contributed by atoms with Gasteiger partial charge in [0.15, 0.2) is 0 Å². The van der Waals surface area contributed by atoms with Crippen LogP contribution in [0.1, 0.15) is 17.5 Å². The minimum absolute atomic E-state index is 0.229. The minimum atomic E-state index is -7.42. The molecule has 1 nitrogen and oxygen atoms in total. The summed E-state index contributed by atoms with van der Waals surface area (Å²) in [5.74, 6) is -13.5. The van der Waals surface area contributed by atoms with Crippen LogP contribution in [0.5, 0.6) is 0 Å². The number of rotatable bonds is 4. The van der Waals surface area contributed by atoms with Crippen LogP contribution in [0.15, 0.2) is 46.5 Å². The highest BCUT2D eigenvalue weighted by Gasteiger charge is 2.87. The highest BCUT2D eigenvalue weighted by Crippen LogP contribution is 2.64. The highest BCUT2D eigenvalue weighted by molar-refractivity contribution is 9.11. The van der Waals surface area contributed by atoms with Gasteiger partial charge in [-0.15, -0.1) is 0 Å². The molecule has 0 saturated carbocycles. The smallest absolute Gasteiger partial charge is 0.225 e. The van der Waals surface area contributed by atoms with Gasteiger partial charge < -0.3 is 0 Å². The second-order valence-corrected chi connectivity index (χ2v) is 8.28. The van der Waals surface area contributed by atoms with Gasteiger partial charge in [0.2, 0.25) is 0 Å². The SMILES string of the molecule is N#Cc1ccccc1C1(C(F)(C(F)(F)F)C(F)(F)C(F)(F)F)C=C(Br)CC(C(F)(F)C(F)(F)F)=C1. The van der Waals surface area contributed by atoms with E-state index >= 15 is 4.39 Å². The number of nitrogens with zero attached hydrogens (tertiary/aromatic N) is 1. The Morgan fingerprint density at radius 1 is 0.743 bits per heavy atom. The molecule has 2 unspecified atom stereocenters. The molecule has 1 aromatic carbocycles. The van der Waals surface area contributed by atoms with Crippen molar-refractivity contribution in [3.63, 3.8) is 0 Å². The van der Waals surface area contributed by atoms with Gasteiger partial charge in [0.05, 0.1) is 17.0 Å². The lowest BCUT2D eigenvalue weighted by molar-refractivity contribution is -0.392. The third-order valence-corrected chi connectivity index (χ3v) is 5.66. The molecule has 0 amide bonds. The minimum Gasteiger partial charge on any atom is -0.225 e. The van der Waals surface area contributed by atoms with E-state index in [1.807, 2.05) is 0 Å². The Bertz CT molecular complexity index is 1090. The van der Waals surface area contributed by atoms with Gasteiger partial charge in [-0.25, -0.2) is 4.39 Å². The van der Waals surface area contributed by atoms with Crippen LogP contribution in [0.2, 0.25) is 0 Å². The van der Waals surface area contributed by atoms with Crippen molar-refractivity contribution in [1.82, 2.24) is 0 Å². The maximum absolute atomic E-state index is 15.8. The fraction of sp³-hybridized carbons (Fsp3) is 0.421. The number of benzene rings is 1. The third kappa shape index (κ3) is 4.19. The van der Waals surface area contributed by atoms with Crippen LogP contribution in [0.25, 0.3) is 0 Å². The highest BCUT2D eigenvalue weighted by atomic mass is 79.9. The van der Waals surface area contributed by atoms with Crippen LogP contribution in [0.4, 0.5) is 61.5 Å². The predicted octanol–water partition coefficient (Wildman–Crippen LogP) is 8.07. The van der Waals surface area contributed by atoms with Crippen molar-refractivity contribution in [1.29, 1.82) is 5.26 Å². The van der Waals surface area contributed by atoms with Crippen LogP contribution < -0.4 is 0 Å². The largest absolute Gasteiger partial charge is 0.457 e. The lowest BCUT2D eigenvalue weighted by Gasteiger charge is -2.48. The molecule has 0 spiro atoms. The topological polar surface area (TPSA) is 23.8 Å². The van der Waals surface area contributed by atoms with Crippen molar-refractivity contribution in [2.75, 3.05) is 0 Å². The van der Waals surface area contributed by atoms with Gasteiger partial charge in [-0.1, -0.05) is 46.3 Å². The molecule has 2 rings (SSSR count). The zero-order chi connectivity index (χ0) is 27.5. The maximum Gasteiger partial charge on any atom is 0.457 e. The fourth-order valence-corrected chi connectivity index (χ4v) is 4.24. The van der Waals surface area contributed by atoms with E-state index in [9.17, 15) is 62.3 Å². The molecule has 0 saturated heterocycles. The summed E-state index contributed by atoms with van der Waals surface area (Å²) < 4.78 is 192. The molecule has 0 radical (unpaired) electrons. The van der Waals surface area contributed by atoms with Crippen LogP contribution in [-0.2, 0) is 5.41 Å². The van der Waals surface area contributed by atoms with E-state index in [0.29, 0.717) is 12.1 Å². The Hall–Kier alpha value is -2.31.